The lowest BCUT2D eigenvalue weighted by Gasteiger charge is -2.20. The number of benzene rings is 2. The minimum Gasteiger partial charge on any atom is -0.497 e. The molecule has 0 spiro atoms. The first-order chi connectivity index (χ1) is 14.0. The number of hydrogen-bond donors (Lipinski definition) is 1. The fraction of sp³-hybridized carbons (Fsp3) is 0.333. The number of methoxy groups -OCH3 is 4. The van der Waals surface area contributed by atoms with Crippen LogP contribution in [0, 0.1) is 5.92 Å². The average molecular weight is 400 g/mol. The number of carbonyl (C=O) groups excluding carboxylic acids is 2. The predicted molar refractivity (Wildman–Crippen MR) is 108 cm³/mol. The summed E-state index contributed by atoms with van der Waals surface area (Å²) in [7, 11) is 6.15. The van der Waals surface area contributed by atoms with Crippen LogP contribution in [0.2, 0.25) is 0 Å². The van der Waals surface area contributed by atoms with Crippen molar-refractivity contribution in [1.82, 2.24) is 0 Å². The van der Waals surface area contributed by atoms with Crippen LogP contribution in [0.25, 0.3) is 0 Å². The van der Waals surface area contributed by atoms with E-state index in [2.05, 4.69) is 5.32 Å². The van der Waals surface area contributed by atoms with Crippen LogP contribution in [-0.2, 0) is 9.59 Å². The Morgan fingerprint density at radius 2 is 1.59 bits per heavy atom. The van der Waals surface area contributed by atoms with Gasteiger partial charge in [-0.2, -0.15) is 0 Å². The first kappa shape index (κ1) is 20.3. The number of rotatable bonds is 7. The molecule has 1 aliphatic heterocycles. The second-order valence-electron chi connectivity index (χ2n) is 6.50. The zero-order chi connectivity index (χ0) is 21.0. The molecule has 29 heavy (non-hydrogen) atoms. The Bertz CT molecular complexity index is 914. The SMILES string of the molecule is COc1ccc(NC(=O)[C@H]2CC(=O)N(c3cc(OC)ccc3OC)C2)c(OC)c1. The first-order valence-corrected chi connectivity index (χ1v) is 9.06. The zero-order valence-corrected chi connectivity index (χ0v) is 16.9. The smallest absolute Gasteiger partial charge is 0.229 e. The Balaban J connectivity index is 1.78. The number of nitrogens with zero attached hydrogens (tertiary/aromatic N) is 1. The molecule has 0 bridgehead atoms. The van der Waals surface area contributed by atoms with Gasteiger partial charge in [0.25, 0.3) is 0 Å². The van der Waals surface area contributed by atoms with Crippen LogP contribution < -0.4 is 29.2 Å². The minimum absolute atomic E-state index is 0.102. The number of hydrogen-bond acceptors (Lipinski definition) is 6. The maximum Gasteiger partial charge on any atom is 0.229 e. The molecule has 2 aromatic carbocycles. The highest BCUT2D eigenvalue weighted by Crippen LogP contribution is 2.36. The normalized spacial score (nSPS) is 15.8. The highest BCUT2D eigenvalue weighted by molar-refractivity contribution is 6.04. The van der Waals surface area contributed by atoms with E-state index in [1.54, 1.807) is 55.5 Å². The van der Waals surface area contributed by atoms with E-state index in [-0.39, 0.29) is 24.8 Å². The standard InChI is InChI=1S/C21H24N2O6/c1-26-14-6-8-18(28-3)17(10-14)23-12-13(9-20(23)24)21(25)22-16-7-5-15(27-2)11-19(16)29-4/h5-8,10-11,13H,9,12H2,1-4H3,(H,22,25)/t13-/m0/s1. The second-order valence-corrected chi connectivity index (χ2v) is 6.50. The highest BCUT2D eigenvalue weighted by Gasteiger charge is 2.36. The summed E-state index contributed by atoms with van der Waals surface area (Å²) < 4.78 is 21.1. The van der Waals surface area contributed by atoms with Crippen molar-refractivity contribution in [3.8, 4) is 23.0 Å². The summed E-state index contributed by atoms with van der Waals surface area (Å²) in [5.74, 6) is 1.32. The van der Waals surface area contributed by atoms with E-state index in [1.165, 1.54) is 14.2 Å². The topological polar surface area (TPSA) is 86.3 Å². The largest absolute Gasteiger partial charge is 0.497 e. The molecule has 1 heterocycles. The molecule has 2 amide bonds. The van der Waals surface area contributed by atoms with E-state index in [4.69, 9.17) is 18.9 Å². The zero-order valence-electron chi connectivity index (χ0n) is 16.9. The average Bonchev–Trinajstić information content (AvgIpc) is 3.15. The molecular weight excluding hydrogens is 376 g/mol. The van der Waals surface area contributed by atoms with E-state index in [0.29, 0.717) is 34.4 Å². The molecule has 8 nitrogen and oxygen atoms in total. The molecule has 0 saturated carbocycles. The number of carbonyl (C=O) groups is 2. The molecule has 1 saturated heterocycles. The maximum atomic E-state index is 12.8. The van der Waals surface area contributed by atoms with Gasteiger partial charge in [0.15, 0.2) is 0 Å². The van der Waals surface area contributed by atoms with Crippen molar-refractivity contribution in [2.45, 2.75) is 6.42 Å². The van der Waals surface area contributed by atoms with Crippen molar-refractivity contribution in [2.75, 3.05) is 45.2 Å². The Hall–Kier alpha value is -3.42. The number of amides is 2. The van der Waals surface area contributed by atoms with Crippen LogP contribution in [0.1, 0.15) is 6.42 Å². The van der Waals surface area contributed by atoms with Crippen LogP contribution in [0.4, 0.5) is 11.4 Å². The molecule has 8 heteroatoms. The molecule has 2 aromatic rings. The van der Waals surface area contributed by atoms with Gasteiger partial charge in [-0.1, -0.05) is 0 Å². The van der Waals surface area contributed by atoms with Gasteiger partial charge in [-0.3, -0.25) is 9.59 Å². The monoisotopic (exact) mass is 400 g/mol. The summed E-state index contributed by atoms with van der Waals surface area (Å²) in [5, 5.41) is 2.84. The molecular formula is C21H24N2O6. The molecule has 3 rings (SSSR count). The van der Waals surface area contributed by atoms with Crippen LogP contribution in [0.15, 0.2) is 36.4 Å². The van der Waals surface area contributed by atoms with E-state index in [9.17, 15) is 9.59 Å². The molecule has 1 N–H and O–H groups in total. The van der Waals surface area contributed by atoms with Crippen molar-refractivity contribution in [3.05, 3.63) is 36.4 Å². The van der Waals surface area contributed by atoms with E-state index in [0.717, 1.165) is 0 Å². The summed E-state index contributed by atoms with van der Waals surface area (Å²) in [6.45, 7) is 0.243. The van der Waals surface area contributed by atoms with Gasteiger partial charge >= 0.3 is 0 Å². The van der Waals surface area contributed by atoms with Gasteiger partial charge in [0.05, 0.1) is 45.7 Å². The van der Waals surface area contributed by atoms with Gasteiger partial charge in [0, 0.05) is 25.1 Å². The van der Waals surface area contributed by atoms with Gasteiger partial charge in [-0.25, -0.2) is 0 Å². The summed E-state index contributed by atoms with van der Waals surface area (Å²) in [4.78, 5) is 27.0. The highest BCUT2D eigenvalue weighted by atomic mass is 16.5. The summed E-state index contributed by atoms with van der Waals surface area (Å²) >= 11 is 0. The maximum absolute atomic E-state index is 12.8. The molecule has 0 unspecified atom stereocenters. The number of ether oxygens (including phenoxy) is 4. The van der Waals surface area contributed by atoms with Crippen LogP contribution >= 0.6 is 0 Å². The fourth-order valence-corrected chi connectivity index (χ4v) is 3.26. The molecule has 1 atom stereocenters. The molecule has 0 aromatic heterocycles. The predicted octanol–water partition coefficient (Wildman–Crippen LogP) is 2.71. The Kier molecular flexibility index (Phi) is 6.11. The molecule has 0 radical (unpaired) electrons. The van der Waals surface area contributed by atoms with Crippen LogP contribution in [0.5, 0.6) is 23.0 Å². The van der Waals surface area contributed by atoms with Crippen LogP contribution in [0.3, 0.4) is 0 Å². The van der Waals surface area contributed by atoms with Crippen molar-refractivity contribution >= 4 is 23.2 Å². The van der Waals surface area contributed by atoms with Gasteiger partial charge in [-0.15, -0.1) is 0 Å². The number of anilines is 2. The lowest BCUT2D eigenvalue weighted by Crippen LogP contribution is -2.28. The van der Waals surface area contributed by atoms with E-state index < -0.39 is 5.92 Å². The van der Waals surface area contributed by atoms with Crippen LogP contribution in [-0.4, -0.2) is 46.8 Å². The fourth-order valence-electron chi connectivity index (χ4n) is 3.26. The second kappa shape index (κ2) is 8.72. The molecule has 0 aliphatic carbocycles. The lowest BCUT2D eigenvalue weighted by molar-refractivity contribution is -0.122. The number of nitrogens with one attached hydrogen (secondary N) is 1. The molecule has 1 fully saturated rings. The summed E-state index contributed by atoms with van der Waals surface area (Å²) in [5.41, 5.74) is 1.09. The third-order valence-corrected chi connectivity index (χ3v) is 4.84. The van der Waals surface area contributed by atoms with Gasteiger partial charge < -0.3 is 29.2 Å². The van der Waals surface area contributed by atoms with E-state index >= 15 is 0 Å². The molecule has 154 valence electrons. The van der Waals surface area contributed by atoms with Gasteiger partial charge in [-0.05, 0) is 24.3 Å². The van der Waals surface area contributed by atoms with Gasteiger partial charge in [0.1, 0.15) is 23.0 Å². The lowest BCUT2D eigenvalue weighted by atomic mass is 10.1. The van der Waals surface area contributed by atoms with Crippen molar-refractivity contribution in [3.63, 3.8) is 0 Å². The quantitative estimate of drug-likeness (QED) is 0.769. The van der Waals surface area contributed by atoms with Crippen molar-refractivity contribution in [1.29, 1.82) is 0 Å². The Morgan fingerprint density at radius 1 is 0.931 bits per heavy atom. The van der Waals surface area contributed by atoms with Crippen molar-refractivity contribution < 1.29 is 28.5 Å². The first-order valence-electron chi connectivity index (χ1n) is 9.06. The third-order valence-electron chi connectivity index (χ3n) is 4.84. The third kappa shape index (κ3) is 4.21. The van der Waals surface area contributed by atoms with Gasteiger partial charge in [0.2, 0.25) is 11.8 Å². The van der Waals surface area contributed by atoms with Crippen molar-refractivity contribution in [2.24, 2.45) is 5.92 Å². The summed E-state index contributed by atoms with van der Waals surface area (Å²) in [6, 6.07) is 10.3. The van der Waals surface area contributed by atoms with E-state index in [1.807, 2.05) is 0 Å². The Morgan fingerprint density at radius 3 is 2.24 bits per heavy atom. The summed E-state index contributed by atoms with van der Waals surface area (Å²) in [6.07, 6.45) is 0.102. The Labute approximate surface area is 169 Å². The molecule has 1 aliphatic rings. The minimum atomic E-state index is -0.509.